The first-order valence-electron chi connectivity index (χ1n) is 13.8. The molecule has 0 bridgehead atoms. The second-order valence-corrected chi connectivity index (χ2v) is 12.1. The molecular formula is C30H38F5N5O3S. The van der Waals surface area contributed by atoms with E-state index in [1.54, 1.807) is 27.3 Å². The Balaban J connectivity index is 0.000000816. The molecule has 2 aromatic carbocycles. The van der Waals surface area contributed by atoms with Gasteiger partial charge in [0.1, 0.15) is 11.5 Å². The number of ether oxygens (including phenoxy) is 1. The first-order valence-corrected chi connectivity index (χ1v) is 15.6. The van der Waals surface area contributed by atoms with E-state index in [2.05, 4.69) is 20.9 Å². The van der Waals surface area contributed by atoms with Gasteiger partial charge < -0.3 is 29.0 Å². The molecule has 0 amide bonds. The summed E-state index contributed by atoms with van der Waals surface area (Å²) in [6.07, 6.45) is 7.10. The van der Waals surface area contributed by atoms with Crippen molar-refractivity contribution in [3.05, 3.63) is 89.7 Å². The number of allylic oxidation sites excluding steroid dienone is 1. The van der Waals surface area contributed by atoms with Gasteiger partial charge in [-0.2, -0.15) is 0 Å². The number of nitrogens with two attached hydrogens (primary N) is 1. The zero-order chi connectivity index (χ0) is 33.0. The molecule has 3 heterocycles. The number of aromatic nitrogens is 2. The Morgan fingerprint density at radius 3 is 2.30 bits per heavy atom. The van der Waals surface area contributed by atoms with E-state index in [0.717, 1.165) is 47.5 Å². The van der Waals surface area contributed by atoms with Gasteiger partial charge in [-0.25, -0.2) is 4.98 Å². The number of rotatable bonds is 6. The lowest BCUT2D eigenvalue weighted by Crippen LogP contribution is -2.46. The number of oxime groups is 1. The van der Waals surface area contributed by atoms with Gasteiger partial charge in [0.15, 0.2) is 5.84 Å². The van der Waals surface area contributed by atoms with Crippen LogP contribution >= 0.6 is 10.5 Å². The summed E-state index contributed by atoms with van der Waals surface area (Å²) >= 11 is 0. The highest BCUT2D eigenvalue weighted by atomic mass is 32.5. The van der Waals surface area contributed by atoms with Crippen molar-refractivity contribution in [1.29, 1.82) is 0 Å². The van der Waals surface area contributed by atoms with Crippen LogP contribution in [0.25, 0.3) is 11.8 Å². The lowest BCUT2D eigenvalue weighted by Gasteiger charge is -2.39. The highest BCUT2D eigenvalue weighted by Crippen LogP contribution is 2.97. The van der Waals surface area contributed by atoms with E-state index in [-0.39, 0.29) is 0 Å². The fraction of sp³-hybridized carbons (Fsp3) is 0.333. The number of halogens is 5. The van der Waals surface area contributed by atoms with Gasteiger partial charge >= 0.3 is 10.5 Å². The van der Waals surface area contributed by atoms with Crippen LogP contribution in [0.3, 0.4) is 0 Å². The van der Waals surface area contributed by atoms with Gasteiger partial charge in [0.05, 0.1) is 24.8 Å². The van der Waals surface area contributed by atoms with Crippen LogP contribution in [0.1, 0.15) is 57.4 Å². The topological polar surface area (TPSA) is 87.1 Å². The van der Waals surface area contributed by atoms with E-state index < -0.39 is 22.0 Å². The van der Waals surface area contributed by atoms with Crippen LogP contribution in [-0.2, 0) is 10.6 Å². The Morgan fingerprint density at radius 1 is 1.11 bits per heavy atom. The van der Waals surface area contributed by atoms with E-state index in [9.17, 15) is 19.4 Å². The normalized spacial score (nSPS) is 19.9. The lowest BCUT2D eigenvalue weighted by molar-refractivity contribution is -0.0913. The van der Waals surface area contributed by atoms with Gasteiger partial charge in [0, 0.05) is 25.2 Å². The molecule has 2 N–H and O–H groups in total. The Morgan fingerprint density at radius 2 is 1.75 bits per heavy atom. The van der Waals surface area contributed by atoms with Crippen molar-refractivity contribution in [2.24, 2.45) is 10.9 Å². The number of hydrogen-bond donors (Lipinski definition) is 1. The molecule has 1 saturated heterocycles. The number of aryl methyl sites for hydroxylation is 1. The molecule has 1 fully saturated rings. The third-order valence-electron chi connectivity index (χ3n) is 6.37. The highest BCUT2D eigenvalue weighted by molar-refractivity contribution is 8.42. The van der Waals surface area contributed by atoms with E-state index in [1.807, 2.05) is 60.7 Å². The molecule has 0 radical (unpaired) electrons. The quantitative estimate of drug-likeness (QED) is 0.270. The Hall–Kier alpha value is -4.20. The lowest BCUT2D eigenvalue weighted by atomic mass is 9.95. The average Bonchev–Trinajstić information content (AvgIpc) is 3.52. The van der Waals surface area contributed by atoms with E-state index in [1.165, 1.54) is 12.1 Å². The molecule has 2 aliphatic heterocycles. The predicted molar refractivity (Wildman–Crippen MR) is 165 cm³/mol. The smallest absolute Gasteiger partial charge is 0.435 e. The van der Waals surface area contributed by atoms with Crippen LogP contribution in [0, 0.1) is 6.92 Å². The average molecular weight is 644 g/mol. The Kier molecular flexibility index (Phi) is 9.40. The summed E-state index contributed by atoms with van der Waals surface area (Å²) in [7, 11) is -8.47. The summed E-state index contributed by atoms with van der Waals surface area (Å²) in [6, 6.07) is 10.00. The molecule has 14 heteroatoms. The fourth-order valence-electron chi connectivity index (χ4n) is 4.62. The van der Waals surface area contributed by atoms with Crippen molar-refractivity contribution in [1.82, 2.24) is 14.5 Å². The zero-order valence-electron chi connectivity index (χ0n) is 25.5. The maximum atomic E-state index is 12.7. The van der Waals surface area contributed by atoms with Crippen molar-refractivity contribution < 1.29 is 33.2 Å². The molecule has 1 atom stereocenters. The number of methoxy groups -OCH3 is 1. The largest absolute Gasteiger partial charge is 0.495 e. The Labute approximate surface area is 254 Å². The van der Waals surface area contributed by atoms with Crippen LogP contribution in [0.2, 0.25) is 0 Å². The summed E-state index contributed by atoms with van der Waals surface area (Å²) in [6.45, 7) is 13.3. The summed E-state index contributed by atoms with van der Waals surface area (Å²) in [5, 5.41) is 4.28. The van der Waals surface area contributed by atoms with Crippen molar-refractivity contribution in [3.8, 4) is 17.2 Å². The van der Waals surface area contributed by atoms with Crippen LogP contribution < -0.4 is 14.7 Å². The Bertz CT molecular complexity index is 1550. The molecule has 1 aromatic heterocycles. The third-order valence-corrected chi connectivity index (χ3v) is 6.88. The number of hydrogen-bond acceptors (Lipinski definition) is 7. The minimum atomic E-state index is -10.1. The fourth-order valence-corrected chi connectivity index (χ4v) is 5.10. The van der Waals surface area contributed by atoms with Gasteiger partial charge in [-0.15, -0.1) is 0 Å². The molecule has 0 saturated carbocycles. The maximum absolute atomic E-state index is 12.7. The number of nitrogens with zero attached hydrogens (tertiary/aromatic N) is 4. The minimum absolute atomic E-state index is 0.439. The zero-order valence-corrected chi connectivity index (χ0v) is 26.3. The summed E-state index contributed by atoms with van der Waals surface area (Å²) in [5.41, 5.74) is 8.40. The first kappa shape index (κ1) is 34.3. The van der Waals surface area contributed by atoms with Crippen LogP contribution in [-0.4, -0.2) is 33.9 Å². The second kappa shape index (κ2) is 12.1. The number of fused-ring (bicyclic) bond motifs is 1. The molecule has 2 aliphatic rings. The number of benzene rings is 2. The van der Waals surface area contributed by atoms with E-state index in [4.69, 9.17) is 15.3 Å². The summed E-state index contributed by atoms with van der Waals surface area (Å²) in [5.74, 6) is 0.255. The number of piperidine rings is 1. The molecular weight excluding hydrogens is 605 g/mol. The maximum Gasteiger partial charge on any atom is 0.435 e. The number of imidazole rings is 1. The minimum Gasteiger partial charge on any atom is -0.495 e. The summed E-state index contributed by atoms with van der Waals surface area (Å²) < 4.78 is 74.1. The molecule has 242 valence electrons. The van der Waals surface area contributed by atoms with Crippen LogP contribution in [0.5, 0.6) is 11.5 Å². The standard InChI is InChI=1S/C25H25F5N4O3S.C3H7N.C2H6/c1-17-15-33(16-31-17)22-11-6-18(14-23(22)35-3)13-19-5-4-12-34-24(19)32-37-25(34,2)20-7-9-21(10-8-20)36-38(26,27,28,29)30;1-3(2)4;1-2/h6-11,13-16H,4-5,12H2,1-3H3;1,4H2,2H3;1-2H3/b19-13+;;. The predicted octanol–water partition coefficient (Wildman–Crippen LogP) is 8.98. The van der Waals surface area contributed by atoms with Gasteiger partial charge in [0.25, 0.3) is 0 Å². The molecule has 8 nitrogen and oxygen atoms in total. The number of amidine groups is 1. The third kappa shape index (κ3) is 8.68. The van der Waals surface area contributed by atoms with Crippen molar-refractivity contribution in [3.63, 3.8) is 0 Å². The SMILES string of the molecule is C=C(C)N.CC.COc1cc(/C=C2\CCCN3C2=NOC3(C)c2ccc(OS(F)(F)(F)(F)F)cc2)ccc1-n1cnc(C)c1. The molecule has 3 aromatic rings. The molecule has 0 spiro atoms. The van der Waals surface area contributed by atoms with E-state index >= 15 is 0 Å². The van der Waals surface area contributed by atoms with Gasteiger partial charge in [-0.05, 0) is 86.0 Å². The highest BCUT2D eigenvalue weighted by Gasteiger charge is 2.67. The van der Waals surface area contributed by atoms with Crippen LogP contribution in [0.15, 0.2) is 78.0 Å². The monoisotopic (exact) mass is 643 g/mol. The molecule has 0 aliphatic carbocycles. The van der Waals surface area contributed by atoms with Gasteiger partial charge in [-0.1, -0.05) is 51.1 Å². The van der Waals surface area contributed by atoms with Crippen molar-refractivity contribution in [2.45, 2.75) is 53.2 Å². The molecule has 5 rings (SSSR count). The second-order valence-electron chi connectivity index (χ2n) is 10.1. The summed E-state index contributed by atoms with van der Waals surface area (Å²) in [4.78, 5) is 11.9. The first-order chi connectivity index (χ1) is 20.4. The molecule has 44 heavy (non-hydrogen) atoms. The van der Waals surface area contributed by atoms with E-state index in [0.29, 0.717) is 29.4 Å². The van der Waals surface area contributed by atoms with Gasteiger partial charge in [-0.3, -0.25) is 0 Å². The van der Waals surface area contributed by atoms with Crippen molar-refractivity contribution >= 4 is 22.4 Å². The van der Waals surface area contributed by atoms with Crippen LogP contribution in [0.4, 0.5) is 19.4 Å². The van der Waals surface area contributed by atoms with Gasteiger partial charge in [0.2, 0.25) is 5.72 Å². The molecule has 1 unspecified atom stereocenters. The van der Waals surface area contributed by atoms with Crippen molar-refractivity contribution in [2.75, 3.05) is 13.7 Å².